The number of carbonyl (C=O) groups is 1. The molecule has 0 unspecified atom stereocenters. The number of carbonyl (C=O) groups excluding carboxylic acids is 1. The predicted octanol–water partition coefficient (Wildman–Crippen LogP) is 4.06. The summed E-state index contributed by atoms with van der Waals surface area (Å²) in [6.07, 6.45) is 1.58. The lowest BCUT2D eigenvalue weighted by molar-refractivity contribution is 0.102. The van der Waals surface area contributed by atoms with Crippen molar-refractivity contribution in [1.29, 1.82) is 0 Å². The maximum absolute atomic E-state index is 12.1. The smallest absolute Gasteiger partial charge is 0.258 e. The van der Waals surface area contributed by atoms with Gasteiger partial charge in [-0.1, -0.05) is 17.7 Å². The van der Waals surface area contributed by atoms with E-state index in [1.807, 2.05) is 19.1 Å². The summed E-state index contributed by atoms with van der Waals surface area (Å²) < 4.78 is 0.743. The van der Waals surface area contributed by atoms with Crippen LogP contribution in [0.4, 0.5) is 5.82 Å². The molecule has 0 saturated heterocycles. The van der Waals surface area contributed by atoms with Gasteiger partial charge in [-0.05, 0) is 52.7 Å². The van der Waals surface area contributed by atoms with Gasteiger partial charge in [-0.25, -0.2) is 4.98 Å². The molecule has 1 N–H and O–H groups in total. The molecule has 0 bridgehead atoms. The molecule has 0 atom stereocenters. The number of hydrogen-bond donors (Lipinski definition) is 1. The molecule has 0 saturated carbocycles. The van der Waals surface area contributed by atoms with E-state index in [4.69, 9.17) is 11.6 Å². The van der Waals surface area contributed by atoms with Crippen LogP contribution in [0, 0.1) is 6.92 Å². The van der Waals surface area contributed by atoms with Crippen LogP contribution in [0.5, 0.6) is 0 Å². The van der Waals surface area contributed by atoms with E-state index in [9.17, 15) is 4.79 Å². The zero-order valence-electron chi connectivity index (χ0n) is 9.58. The normalized spacial score (nSPS) is 10.2. The molecule has 1 aromatic carbocycles. The van der Waals surface area contributed by atoms with E-state index in [-0.39, 0.29) is 5.91 Å². The van der Waals surface area contributed by atoms with Gasteiger partial charge in [0, 0.05) is 10.7 Å². The molecule has 1 aromatic heterocycles. The van der Waals surface area contributed by atoms with Crippen molar-refractivity contribution in [3.63, 3.8) is 0 Å². The maximum Gasteiger partial charge on any atom is 0.258 e. The van der Waals surface area contributed by atoms with E-state index in [2.05, 4.69) is 26.2 Å². The van der Waals surface area contributed by atoms with Gasteiger partial charge in [0.05, 0.1) is 10.6 Å². The van der Waals surface area contributed by atoms with Gasteiger partial charge in [0.1, 0.15) is 0 Å². The Morgan fingerprint density at radius 2 is 2.17 bits per heavy atom. The Balaban J connectivity index is 2.25. The third kappa shape index (κ3) is 2.89. The Kier molecular flexibility index (Phi) is 3.99. The van der Waals surface area contributed by atoms with Crippen LogP contribution in [0.15, 0.2) is 41.0 Å². The first-order valence-corrected chi connectivity index (χ1v) is 6.43. The van der Waals surface area contributed by atoms with Gasteiger partial charge in [0.15, 0.2) is 5.82 Å². The molecule has 0 radical (unpaired) electrons. The molecule has 18 heavy (non-hydrogen) atoms. The first-order chi connectivity index (χ1) is 8.58. The van der Waals surface area contributed by atoms with Crippen molar-refractivity contribution in [2.45, 2.75) is 6.92 Å². The molecule has 0 fully saturated rings. The fraction of sp³-hybridized carbons (Fsp3) is 0.0769. The summed E-state index contributed by atoms with van der Waals surface area (Å²) in [5.41, 5.74) is 1.62. The molecule has 0 aliphatic heterocycles. The average molecular weight is 326 g/mol. The molecular weight excluding hydrogens is 316 g/mol. The number of pyridine rings is 1. The molecule has 0 aliphatic rings. The van der Waals surface area contributed by atoms with E-state index < -0.39 is 0 Å². The molecule has 92 valence electrons. The number of anilines is 1. The van der Waals surface area contributed by atoms with Crippen LogP contribution in [0.25, 0.3) is 0 Å². The summed E-state index contributed by atoms with van der Waals surface area (Å²) in [5, 5.41) is 3.09. The predicted molar refractivity (Wildman–Crippen MR) is 76.1 cm³/mol. The average Bonchev–Trinajstić information content (AvgIpc) is 2.32. The highest BCUT2D eigenvalue weighted by atomic mass is 79.9. The second-order valence-corrected chi connectivity index (χ2v) is 5.03. The molecule has 3 nitrogen and oxygen atoms in total. The molecule has 1 amide bonds. The number of nitrogens with zero attached hydrogens (tertiary/aromatic N) is 1. The zero-order chi connectivity index (χ0) is 13.1. The van der Waals surface area contributed by atoms with Gasteiger partial charge in [0.25, 0.3) is 5.91 Å². The third-order valence-corrected chi connectivity index (χ3v) is 3.32. The minimum Gasteiger partial charge on any atom is -0.305 e. The van der Waals surface area contributed by atoms with Crippen LogP contribution in [-0.4, -0.2) is 10.9 Å². The van der Waals surface area contributed by atoms with Crippen LogP contribution in [0.3, 0.4) is 0 Å². The van der Waals surface area contributed by atoms with E-state index >= 15 is 0 Å². The topological polar surface area (TPSA) is 42.0 Å². The van der Waals surface area contributed by atoms with Crippen molar-refractivity contribution in [1.82, 2.24) is 4.98 Å². The molecule has 5 heteroatoms. The van der Waals surface area contributed by atoms with Gasteiger partial charge in [-0.15, -0.1) is 0 Å². The number of halogens is 2. The largest absolute Gasteiger partial charge is 0.305 e. The highest BCUT2D eigenvalue weighted by Gasteiger charge is 2.12. The number of rotatable bonds is 2. The second-order valence-electron chi connectivity index (χ2n) is 3.77. The van der Waals surface area contributed by atoms with Crippen molar-refractivity contribution in [2.75, 3.05) is 5.32 Å². The van der Waals surface area contributed by atoms with Crippen LogP contribution >= 0.6 is 27.5 Å². The highest BCUT2D eigenvalue weighted by Crippen LogP contribution is 2.22. The fourth-order valence-corrected chi connectivity index (χ4v) is 2.30. The van der Waals surface area contributed by atoms with Crippen molar-refractivity contribution >= 4 is 39.3 Å². The lowest BCUT2D eigenvalue weighted by atomic mass is 10.1. The number of amides is 1. The Labute approximate surface area is 118 Å². The second kappa shape index (κ2) is 5.50. The monoisotopic (exact) mass is 324 g/mol. The number of aromatic nitrogens is 1. The number of hydrogen-bond acceptors (Lipinski definition) is 2. The molecule has 2 aromatic rings. The van der Waals surface area contributed by atoms with Crippen LogP contribution in [0.1, 0.15) is 15.9 Å². The van der Waals surface area contributed by atoms with Gasteiger partial charge in [-0.3, -0.25) is 4.79 Å². The molecular formula is C13H10BrClN2O. The van der Waals surface area contributed by atoms with Crippen molar-refractivity contribution < 1.29 is 4.79 Å². The standard InChI is InChI=1S/C13H10BrClN2O/c1-8-4-5-9(10(14)7-8)13(18)17-12-11(15)3-2-6-16-12/h2-7H,1H3,(H,16,17,18). The van der Waals surface area contributed by atoms with E-state index in [0.717, 1.165) is 10.0 Å². The van der Waals surface area contributed by atoms with Gasteiger partial charge >= 0.3 is 0 Å². The Hall–Kier alpha value is -1.39. The lowest BCUT2D eigenvalue weighted by Gasteiger charge is -2.07. The Bertz CT molecular complexity index is 601. The van der Waals surface area contributed by atoms with E-state index in [1.165, 1.54) is 0 Å². The van der Waals surface area contributed by atoms with Crippen molar-refractivity contribution in [2.24, 2.45) is 0 Å². The minimum atomic E-state index is -0.248. The maximum atomic E-state index is 12.1. The summed E-state index contributed by atoms with van der Waals surface area (Å²) >= 11 is 9.30. The van der Waals surface area contributed by atoms with E-state index in [0.29, 0.717) is 16.4 Å². The quantitative estimate of drug-likeness (QED) is 0.905. The summed E-state index contributed by atoms with van der Waals surface area (Å²) in [7, 11) is 0. The number of benzene rings is 1. The SMILES string of the molecule is Cc1ccc(C(=O)Nc2ncccc2Cl)c(Br)c1. The Morgan fingerprint density at radius 1 is 1.39 bits per heavy atom. The van der Waals surface area contributed by atoms with Gasteiger partial charge < -0.3 is 5.32 Å². The van der Waals surface area contributed by atoms with Crippen LogP contribution in [0.2, 0.25) is 5.02 Å². The zero-order valence-corrected chi connectivity index (χ0v) is 11.9. The van der Waals surface area contributed by atoms with E-state index in [1.54, 1.807) is 24.4 Å². The van der Waals surface area contributed by atoms with Crippen molar-refractivity contribution in [3.8, 4) is 0 Å². The third-order valence-electron chi connectivity index (χ3n) is 2.36. The van der Waals surface area contributed by atoms with Gasteiger partial charge in [-0.2, -0.15) is 0 Å². The summed E-state index contributed by atoms with van der Waals surface area (Å²) in [6, 6.07) is 8.90. The fourth-order valence-electron chi connectivity index (χ4n) is 1.46. The summed E-state index contributed by atoms with van der Waals surface area (Å²) in [5.74, 6) is 0.110. The first kappa shape index (κ1) is 13.1. The summed E-state index contributed by atoms with van der Waals surface area (Å²) in [6.45, 7) is 1.96. The molecule has 0 spiro atoms. The number of aryl methyl sites for hydroxylation is 1. The van der Waals surface area contributed by atoms with Gasteiger partial charge in [0.2, 0.25) is 0 Å². The Morgan fingerprint density at radius 3 is 2.83 bits per heavy atom. The van der Waals surface area contributed by atoms with Crippen LogP contribution < -0.4 is 5.32 Å². The first-order valence-electron chi connectivity index (χ1n) is 5.26. The lowest BCUT2D eigenvalue weighted by Crippen LogP contribution is -2.13. The molecule has 0 aliphatic carbocycles. The highest BCUT2D eigenvalue weighted by molar-refractivity contribution is 9.10. The molecule has 2 rings (SSSR count). The minimum absolute atomic E-state index is 0.248. The van der Waals surface area contributed by atoms with Crippen molar-refractivity contribution in [3.05, 3.63) is 57.2 Å². The molecule has 1 heterocycles. The van der Waals surface area contributed by atoms with Crippen LogP contribution in [-0.2, 0) is 0 Å². The number of nitrogens with one attached hydrogen (secondary N) is 1. The summed E-state index contributed by atoms with van der Waals surface area (Å²) in [4.78, 5) is 16.1.